The number of hydrogen-bond donors (Lipinski definition) is 3. The standard InChI is InChI=1S/C19H18N4O3S/c24-19(22-18-10-5-11-20-14-18)16-8-4-9-17(12-16)23-27(25,26)21-13-15-6-2-1-3-7-15/h1-12,14,21,23H,13H2,(H,22,24). The summed E-state index contributed by atoms with van der Waals surface area (Å²) in [6, 6.07) is 18.8. The van der Waals surface area contributed by atoms with Gasteiger partial charge < -0.3 is 5.32 Å². The number of pyridine rings is 1. The summed E-state index contributed by atoms with van der Waals surface area (Å²) in [5, 5.41) is 2.70. The van der Waals surface area contributed by atoms with Crippen LogP contribution < -0.4 is 14.8 Å². The quantitative estimate of drug-likeness (QED) is 0.585. The van der Waals surface area contributed by atoms with Crippen LogP contribution in [0.5, 0.6) is 0 Å². The SMILES string of the molecule is O=C(Nc1cccnc1)c1cccc(NS(=O)(=O)NCc2ccccc2)c1. The van der Waals surface area contributed by atoms with Crippen molar-refractivity contribution in [3.63, 3.8) is 0 Å². The number of rotatable bonds is 7. The van der Waals surface area contributed by atoms with Crippen molar-refractivity contribution >= 4 is 27.5 Å². The van der Waals surface area contributed by atoms with E-state index in [0.717, 1.165) is 5.56 Å². The Morgan fingerprint density at radius 1 is 0.926 bits per heavy atom. The molecule has 0 bridgehead atoms. The molecule has 0 saturated heterocycles. The molecule has 3 rings (SSSR count). The zero-order valence-corrected chi connectivity index (χ0v) is 15.1. The van der Waals surface area contributed by atoms with Gasteiger partial charge in [0.05, 0.1) is 17.6 Å². The molecule has 3 N–H and O–H groups in total. The predicted octanol–water partition coefficient (Wildman–Crippen LogP) is 2.78. The summed E-state index contributed by atoms with van der Waals surface area (Å²) in [4.78, 5) is 16.2. The fourth-order valence-corrected chi connectivity index (χ4v) is 3.20. The Kier molecular flexibility index (Phi) is 5.80. The lowest BCUT2D eigenvalue weighted by Gasteiger charge is -2.11. The molecule has 0 fully saturated rings. The largest absolute Gasteiger partial charge is 0.321 e. The molecule has 0 aliphatic rings. The third-order valence-corrected chi connectivity index (χ3v) is 4.63. The smallest absolute Gasteiger partial charge is 0.299 e. The molecule has 0 saturated carbocycles. The van der Waals surface area contributed by atoms with Crippen molar-refractivity contribution in [1.82, 2.24) is 9.71 Å². The van der Waals surface area contributed by atoms with E-state index in [-0.39, 0.29) is 18.1 Å². The molecule has 1 heterocycles. The number of anilines is 2. The van der Waals surface area contributed by atoms with Crippen molar-refractivity contribution in [3.8, 4) is 0 Å². The Bertz CT molecular complexity index is 1010. The van der Waals surface area contributed by atoms with Crippen LogP contribution >= 0.6 is 0 Å². The number of hydrogen-bond acceptors (Lipinski definition) is 4. The third-order valence-electron chi connectivity index (χ3n) is 3.61. The first-order valence-corrected chi connectivity index (χ1v) is 9.63. The van der Waals surface area contributed by atoms with Crippen molar-refractivity contribution in [2.75, 3.05) is 10.0 Å². The Labute approximate surface area is 157 Å². The van der Waals surface area contributed by atoms with Gasteiger partial charge in [0.25, 0.3) is 16.1 Å². The van der Waals surface area contributed by atoms with Gasteiger partial charge in [-0.1, -0.05) is 36.4 Å². The molecule has 2 aromatic carbocycles. The van der Waals surface area contributed by atoms with Crippen LogP contribution in [-0.2, 0) is 16.8 Å². The molecule has 0 aliphatic heterocycles. The van der Waals surface area contributed by atoms with E-state index in [2.05, 4.69) is 19.7 Å². The summed E-state index contributed by atoms with van der Waals surface area (Å²) in [5.74, 6) is -0.360. The molecule has 0 radical (unpaired) electrons. The van der Waals surface area contributed by atoms with Crippen molar-refractivity contribution in [2.24, 2.45) is 0 Å². The van der Waals surface area contributed by atoms with E-state index in [1.54, 1.807) is 36.5 Å². The number of nitrogens with zero attached hydrogens (tertiary/aromatic N) is 1. The molecule has 138 valence electrons. The lowest BCUT2D eigenvalue weighted by molar-refractivity contribution is 0.102. The maximum Gasteiger partial charge on any atom is 0.299 e. The molecule has 0 spiro atoms. The Morgan fingerprint density at radius 2 is 1.70 bits per heavy atom. The first-order chi connectivity index (χ1) is 13.0. The number of carbonyl (C=O) groups is 1. The highest BCUT2D eigenvalue weighted by Crippen LogP contribution is 2.14. The third kappa shape index (κ3) is 5.63. The van der Waals surface area contributed by atoms with Gasteiger partial charge >= 0.3 is 0 Å². The van der Waals surface area contributed by atoms with Crippen LogP contribution in [0.4, 0.5) is 11.4 Å². The highest BCUT2D eigenvalue weighted by atomic mass is 32.2. The van der Waals surface area contributed by atoms with Crippen molar-refractivity contribution in [3.05, 3.63) is 90.3 Å². The van der Waals surface area contributed by atoms with Gasteiger partial charge in [-0.3, -0.25) is 14.5 Å². The summed E-state index contributed by atoms with van der Waals surface area (Å²) in [7, 11) is -3.78. The minimum absolute atomic E-state index is 0.164. The number of amides is 1. The molecule has 1 amide bonds. The Balaban J connectivity index is 1.65. The first kappa shape index (κ1) is 18.6. The van der Waals surface area contributed by atoms with Crippen molar-refractivity contribution < 1.29 is 13.2 Å². The van der Waals surface area contributed by atoms with Crippen LogP contribution in [0.2, 0.25) is 0 Å². The van der Waals surface area contributed by atoms with E-state index >= 15 is 0 Å². The van der Waals surface area contributed by atoms with E-state index in [4.69, 9.17) is 0 Å². The fourth-order valence-electron chi connectivity index (χ4n) is 2.33. The second-order valence-corrected chi connectivity index (χ2v) is 7.19. The maximum atomic E-state index is 12.3. The molecule has 27 heavy (non-hydrogen) atoms. The number of nitrogens with one attached hydrogen (secondary N) is 3. The van der Waals surface area contributed by atoms with Crippen molar-refractivity contribution in [2.45, 2.75) is 6.54 Å². The van der Waals surface area contributed by atoms with Crippen LogP contribution in [0.3, 0.4) is 0 Å². The second-order valence-electron chi connectivity index (χ2n) is 5.69. The molecule has 3 aromatic rings. The summed E-state index contributed by atoms with van der Waals surface area (Å²) in [6.07, 6.45) is 3.13. The molecule has 8 heteroatoms. The van der Waals surface area contributed by atoms with E-state index in [1.807, 2.05) is 30.3 Å². The molecule has 0 unspecified atom stereocenters. The summed E-state index contributed by atoms with van der Waals surface area (Å²) < 4.78 is 29.3. The first-order valence-electron chi connectivity index (χ1n) is 8.15. The van der Waals surface area contributed by atoms with Gasteiger partial charge in [-0.25, -0.2) is 0 Å². The van der Waals surface area contributed by atoms with E-state index in [0.29, 0.717) is 11.3 Å². The van der Waals surface area contributed by atoms with Crippen LogP contribution in [0.25, 0.3) is 0 Å². The fraction of sp³-hybridized carbons (Fsp3) is 0.0526. The normalized spacial score (nSPS) is 11.0. The summed E-state index contributed by atoms with van der Waals surface area (Å²) in [6.45, 7) is 0.164. The molecular weight excluding hydrogens is 364 g/mol. The van der Waals surface area contributed by atoms with Crippen molar-refractivity contribution in [1.29, 1.82) is 0 Å². The van der Waals surface area contributed by atoms with Crippen LogP contribution in [-0.4, -0.2) is 19.3 Å². The van der Waals surface area contributed by atoms with Gasteiger partial charge in [0.1, 0.15) is 0 Å². The molecule has 1 aromatic heterocycles. The number of carbonyl (C=O) groups excluding carboxylic acids is 1. The lowest BCUT2D eigenvalue weighted by atomic mass is 10.2. The Morgan fingerprint density at radius 3 is 2.44 bits per heavy atom. The van der Waals surface area contributed by atoms with E-state index in [1.165, 1.54) is 12.3 Å². The summed E-state index contributed by atoms with van der Waals surface area (Å²) >= 11 is 0. The summed E-state index contributed by atoms with van der Waals surface area (Å²) in [5.41, 5.74) is 2.00. The zero-order chi connectivity index (χ0) is 19.1. The minimum Gasteiger partial charge on any atom is -0.321 e. The number of benzene rings is 2. The highest BCUT2D eigenvalue weighted by molar-refractivity contribution is 7.90. The van der Waals surface area contributed by atoms with Gasteiger partial charge in [0.2, 0.25) is 0 Å². The monoisotopic (exact) mass is 382 g/mol. The predicted molar refractivity (Wildman–Crippen MR) is 104 cm³/mol. The van der Waals surface area contributed by atoms with E-state index in [9.17, 15) is 13.2 Å². The number of aromatic nitrogens is 1. The van der Waals surface area contributed by atoms with Crippen LogP contribution in [0, 0.1) is 0 Å². The van der Waals surface area contributed by atoms with Gasteiger partial charge in [0.15, 0.2) is 0 Å². The minimum atomic E-state index is -3.78. The highest BCUT2D eigenvalue weighted by Gasteiger charge is 2.12. The van der Waals surface area contributed by atoms with Gasteiger partial charge in [0, 0.05) is 18.3 Å². The molecular formula is C19H18N4O3S. The average Bonchev–Trinajstić information content (AvgIpc) is 2.68. The maximum absolute atomic E-state index is 12.3. The van der Waals surface area contributed by atoms with Gasteiger partial charge in [-0.05, 0) is 35.9 Å². The zero-order valence-electron chi connectivity index (χ0n) is 14.3. The van der Waals surface area contributed by atoms with Gasteiger partial charge in [-0.15, -0.1) is 0 Å². The molecule has 7 nitrogen and oxygen atoms in total. The van der Waals surface area contributed by atoms with E-state index < -0.39 is 10.2 Å². The topological polar surface area (TPSA) is 100 Å². The second kappa shape index (κ2) is 8.43. The lowest BCUT2D eigenvalue weighted by Crippen LogP contribution is -2.29. The van der Waals surface area contributed by atoms with Crippen LogP contribution in [0.1, 0.15) is 15.9 Å². The Hall–Kier alpha value is -3.23. The van der Waals surface area contributed by atoms with Gasteiger partial charge in [-0.2, -0.15) is 13.1 Å². The molecule has 0 atom stereocenters. The average molecular weight is 382 g/mol. The van der Waals surface area contributed by atoms with Crippen LogP contribution in [0.15, 0.2) is 79.1 Å². The molecule has 0 aliphatic carbocycles.